The van der Waals surface area contributed by atoms with Gasteiger partial charge in [-0.2, -0.15) is 4.98 Å². The zero-order valence-corrected chi connectivity index (χ0v) is 11.8. The third-order valence-corrected chi connectivity index (χ3v) is 2.90. The number of hydrogen-bond donors (Lipinski definition) is 0. The lowest BCUT2D eigenvalue weighted by atomic mass is 10.2. The van der Waals surface area contributed by atoms with Gasteiger partial charge >= 0.3 is 0 Å². The summed E-state index contributed by atoms with van der Waals surface area (Å²) in [6, 6.07) is 7.81. The first-order valence-corrected chi connectivity index (χ1v) is 6.44. The number of ether oxygens (including phenoxy) is 1. The SMILES string of the molecule is CC(C)c1noc(COc2ccc(I)cc2)n1. The summed E-state index contributed by atoms with van der Waals surface area (Å²) in [4.78, 5) is 4.24. The molecule has 0 aliphatic rings. The maximum absolute atomic E-state index is 5.54. The van der Waals surface area contributed by atoms with Crippen molar-refractivity contribution in [3.63, 3.8) is 0 Å². The summed E-state index contributed by atoms with van der Waals surface area (Å²) in [6.45, 7) is 4.35. The summed E-state index contributed by atoms with van der Waals surface area (Å²) >= 11 is 2.25. The van der Waals surface area contributed by atoms with Crippen molar-refractivity contribution >= 4 is 22.6 Å². The Bertz CT molecular complexity index is 480. The fourth-order valence-corrected chi connectivity index (χ4v) is 1.60. The highest BCUT2D eigenvalue weighted by Gasteiger charge is 2.09. The van der Waals surface area contributed by atoms with Gasteiger partial charge in [-0.3, -0.25) is 0 Å². The molecule has 2 aromatic rings. The van der Waals surface area contributed by atoms with Crippen LogP contribution in [0.1, 0.15) is 31.5 Å². The topological polar surface area (TPSA) is 48.2 Å². The van der Waals surface area contributed by atoms with E-state index >= 15 is 0 Å². The highest BCUT2D eigenvalue weighted by Crippen LogP contribution is 2.15. The molecular formula is C12H13IN2O2. The molecule has 1 aromatic carbocycles. The van der Waals surface area contributed by atoms with Gasteiger partial charge in [-0.15, -0.1) is 0 Å². The minimum absolute atomic E-state index is 0.269. The van der Waals surface area contributed by atoms with Crippen LogP contribution in [0.25, 0.3) is 0 Å². The Hall–Kier alpha value is -1.11. The Kier molecular flexibility index (Phi) is 3.98. The van der Waals surface area contributed by atoms with Gasteiger partial charge < -0.3 is 9.26 Å². The van der Waals surface area contributed by atoms with Gasteiger partial charge in [0.15, 0.2) is 12.4 Å². The molecule has 17 heavy (non-hydrogen) atoms. The average Bonchev–Trinajstić information content (AvgIpc) is 2.77. The molecule has 0 aliphatic carbocycles. The van der Waals surface area contributed by atoms with Gasteiger partial charge in [0, 0.05) is 9.49 Å². The molecule has 0 N–H and O–H groups in total. The molecule has 4 nitrogen and oxygen atoms in total. The van der Waals surface area contributed by atoms with Gasteiger partial charge in [-0.05, 0) is 46.9 Å². The lowest BCUT2D eigenvalue weighted by Crippen LogP contribution is -1.96. The standard InChI is InChI=1S/C12H13IN2O2/c1-8(2)12-14-11(17-15-12)7-16-10-5-3-9(13)4-6-10/h3-6,8H,7H2,1-2H3. The van der Waals surface area contributed by atoms with Crippen molar-refractivity contribution in [1.82, 2.24) is 10.1 Å². The summed E-state index contributed by atoms with van der Waals surface area (Å²) < 4.78 is 11.8. The molecule has 2 rings (SSSR count). The van der Waals surface area contributed by atoms with Crippen LogP contribution in [-0.2, 0) is 6.61 Å². The average molecular weight is 344 g/mol. The highest BCUT2D eigenvalue weighted by molar-refractivity contribution is 14.1. The van der Waals surface area contributed by atoms with Gasteiger partial charge in [-0.1, -0.05) is 19.0 Å². The second-order valence-corrected chi connectivity index (χ2v) is 5.19. The van der Waals surface area contributed by atoms with E-state index in [1.807, 2.05) is 38.1 Å². The first kappa shape index (κ1) is 12.3. The lowest BCUT2D eigenvalue weighted by Gasteiger charge is -2.02. The zero-order valence-electron chi connectivity index (χ0n) is 9.68. The lowest BCUT2D eigenvalue weighted by molar-refractivity contribution is 0.242. The quantitative estimate of drug-likeness (QED) is 0.798. The minimum Gasteiger partial charge on any atom is -0.484 e. The van der Waals surface area contributed by atoms with Gasteiger partial charge in [0.1, 0.15) is 5.75 Å². The molecule has 0 unspecified atom stereocenters. The van der Waals surface area contributed by atoms with Crippen LogP contribution >= 0.6 is 22.6 Å². The van der Waals surface area contributed by atoms with Gasteiger partial charge in [0.2, 0.25) is 0 Å². The summed E-state index contributed by atoms with van der Waals surface area (Å²) in [7, 11) is 0. The maximum atomic E-state index is 5.54. The Morgan fingerprint density at radius 2 is 2.00 bits per heavy atom. The Labute approximate surface area is 114 Å². The van der Waals surface area contributed by atoms with Crippen molar-refractivity contribution in [2.75, 3.05) is 0 Å². The van der Waals surface area contributed by atoms with E-state index in [1.54, 1.807) is 0 Å². The zero-order chi connectivity index (χ0) is 12.3. The predicted molar refractivity (Wildman–Crippen MR) is 71.9 cm³/mol. The third kappa shape index (κ3) is 3.42. The molecule has 1 aromatic heterocycles. The van der Waals surface area contributed by atoms with Crippen LogP contribution in [0.15, 0.2) is 28.8 Å². The summed E-state index contributed by atoms with van der Waals surface area (Å²) in [6.07, 6.45) is 0. The van der Waals surface area contributed by atoms with E-state index in [0.717, 1.165) is 5.75 Å². The number of nitrogens with zero attached hydrogens (tertiary/aromatic N) is 2. The van der Waals surface area contributed by atoms with Crippen LogP contribution in [0.4, 0.5) is 0 Å². The number of aromatic nitrogens is 2. The van der Waals surface area contributed by atoms with Crippen molar-refractivity contribution in [3.8, 4) is 5.75 Å². The van der Waals surface area contributed by atoms with E-state index in [2.05, 4.69) is 32.7 Å². The Morgan fingerprint density at radius 1 is 1.29 bits per heavy atom. The van der Waals surface area contributed by atoms with Crippen molar-refractivity contribution in [1.29, 1.82) is 0 Å². The maximum Gasteiger partial charge on any atom is 0.264 e. The second-order valence-electron chi connectivity index (χ2n) is 3.94. The first-order chi connectivity index (χ1) is 8.15. The van der Waals surface area contributed by atoms with Gasteiger partial charge in [0.25, 0.3) is 5.89 Å². The normalized spacial score (nSPS) is 10.8. The number of halogens is 1. The van der Waals surface area contributed by atoms with Crippen LogP contribution in [0.2, 0.25) is 0 Å². The minimum atomic E-state index is 0.269. The summed E-state index contributed by atoms with van der Waals surface area (Å²) in [5, 5.41) is 3.87. The monoisotopic (exact) mass is 344 g/mol. The van der Waals surface area contributed by atoms with Crippen molar-refractivity contribution < 1.29 is 9.26 Å². The molecule has 90 valence electrons. The van der Waals surface area contributed by atoms with Crippen LogP contribution < -0.4 is 4.74 Å². The largest absolute Gasteiger partial charge is 0.484 e. The number of hydrogen-bond acceptors (Lipinski definition) is 4. The molecule has 0 aliphatic heterocycles. The number of benzene rings is 1. The summed E-state index contributed by atoms with van der Waals surface area (Å²) in [5.74, 6) is 2.29. The van der Waals surface area contributed by atoms with Crippen LogP contribution in [0.3, 0.4) is 0 Å². The van der Waals surface area contributed by atoms with Gasteiger partial charge in [-0.25, -0.2) is 0 Å². The Morgan fingerprint density at radius 3 is 2.59 bits per heavy atom. The molecule has 1 heterocycles. The molecule has 0 radical (unpaired) electrons. The van der Waals surface area contributed by atoms with Crippen LogP contribution in [-0.4, -0.2) is 10.1 Å². The van der Waals surface area contributed by atoms with Crippen LogP contribution in [0, 0.1) is 3.57 Å². The Balaban J connectivity index is 1.95. The van der Waals surface area contributed by atoms with E-state index in [9.17, 15) is 0 Å². The molecule has 0 fully saturated rings. The van der Waals surface area contributed by atoms with Crippen molar-refractivity contribution in [2.45, 2.75) is 26.4 Å². The van der Waals surface area contributed by atoms with E-state index in [0.29, 0.717) is 18.3 Å². The molecule has 0 amide bonds. The summed E-state index contributed by atoms with van der Waals surface area (Å²) in [5.41, 5.74) is 0. The smallest absolute Gasteiger partial charge is 0.264 e. The molecule has 0 spiro atoms. The van der Waals surface area contributed by atoms with Crippen molar-refractivity contribution in [2.24, 2.45) is 0 Å². The second kappa shape index (κ2) is 5.48. The number of rotatable bonds is 4. The van der Waals surface area contributed by atoms with Crippen molar-refractivity contribution in [3.05, 3.63) is 39.6 Å². The van der Waals surface area contributed by atoms with E-state index in [-0.39, 0.29) is 5.92 Å². The fourth-order valence-electron chi connectivity index (χ4n) is 1.24. The van der Waals surface area contributed by atoms with E-state index in [4.69, 9.17) is 9.26 Å². The van der Waals surface area contributed by atoms with Gasteiger partial charge in [0.05, 0.1) is 0 Å². The highest BCUT2D eigenvalue weighted by atomic mass is 127. The predicted octanol–water partition coefficient (Wildman–Crippen LogP) is 3.38. The van der Waals surface area contributed by atoms with E-state index < -0.39 is 0 Å². The molecule has 0 saturated carbocycles. The molecule has 5 heteroatoms. The first-order valence-electron chi connectivity index (χ1n) is 5.36. The van der Waals surface area contributed by atoms with Crippen LogP contribution in [0.5, 0.6) is 5.75 Å². The molecule has 0 bridgehead atoms. The van der Waals surface area contributed by atoms with E-state index in [1.165, 1.54) is 3.57 Å². The molecule has 0 atom stereocenters. The molecular weight excluding hydrogens is 331 g/mol. The molecule has 0 saturated heterocycles. The third-order valence-electron chi connectivity index (χ3n) is 2.18. The fraction of sp³-hybridized carbons (Fsp3) is 0.333.